The molecule has 23 heavy (non-hydrogen) atoms. The summed E-state index contributed by atoms with van der Waals surface area (Å²) in [4.78, 5) is 2.38. The largest absolute Gasteiger partial charge is 0.488 e. The minimum Gasteiger partial charge on any atom is -0.488 e. The summed E-state index contributed by atoms with van der Waals surface area (Å²) in [5, 5.41) is 0. The molecule has 4 nitrogen and oxygen atoms in total. The van der Waals surface area contributed by atoms with Crippen molar-refractivity contribution in [3.05, 3.63) is 53.6 Å². The molecule has 2 aromatic rings. The van der Waals surface area contributed by atoms with Crippen LogP contribution in [0.5, 0.6) is 17.2 Å². The van der Waals surface area contributed by atoms with Gasteiger partial charge in [0.05, 0.1) is 0 Å². The van der Waals surface area contributed by atoms with E-state index < -0.39 is 0 Å². The summed E-state index contributed by atoms with van der Waals surface area (Å²) < 4.78 is 17.2. The third kappa shape index (κ3) is 3.27. The lowest BCUT2D eigenvalue weighted by atomic mass is 10.1. The summed E-state index contributed by atoms with van der Waals surface area (Å²) in [5.41, 5.74) is 2.48. The van der Waals surface area contributed by atoms with Gasteiger partial charge in [-0.05, 0) is 42.3 Å². The van der Waals surface area contributed by atoms with E-state index in [9.17, 15) is 0 Å². The Morgan fingerprint density at radius 3 is 2.70 bits per heavy atom. The van der Waals surface area contributed by atoms with Crippen LogP contribution in [0.15, 0.2) is 42.5 Å². The molecule has 0 unspecified atom stereocenters. The van der Waals surface area contributed by atoms with E-state index in [0.29, 0.717) is 13.2 Å². The molecule has 1 fully saturated rings. The molecular weight excluding hydrogens is 290 g/mol. The number of hydrogen-bond acceptors (Lipinski definition) is 4. The molecule has 0 bridgehead atoms. The van der Waals surface area contributed by atoms with Gasteiger partial charge < -0.3 is 14.2 Å². The van der Waals surface area contributed by atoms with Crippen molar-refractivity contribution < 1.29 is 14.2 Å². The van der Waals surface area contributed by atoms with Gasteiger partial charge in [-0.25, -0.2) is 0 Å². The quantitative estimate of drug-likeness (QED) is 0.868. The molecule has 0 radical (unpaired) electrons. The van der Waals surface area contributed by atoms with E-state index in [-0.39, 0.29) is 6.10 Å². The Hall–Kier alpha value is -2.20. The molecule has 4 rings (SSSR count). The second kappa shape index (κ2) is 6.13. The zero-order valence-corrected chi connectivity index (χ0v) is 13.3. The summed E-state index contributed by atoms with van der Waals surface area (Å²) in [6, 6.07) is 14.4. The molecule has 0 aliphatic carbocycles. The minimum absolute atomic E-state index is 0.286. The first-order chi connectivity index (χ1) is 11.3. The molecule has 0 N–H and O–H groups in total. The maximum atomic E-state index is 6.00. The van der Waals surface area contributed by atoms with Crippen LogP contribution in [0.25, 0.3) is 0 Å². The van der Waals surface area contributed by atoms with E-state index in [0.717, 1.165) is 36.9 Å². The van der Waals surface area contributed by atoms with Crippen LogP contribution in [0.4, 0.5) is 0 Å². The Bertz CT molecular complexity index is 695. The highest BCUT2D eigenvalue weighted by molar-refractivity contribution is 5.43. The van der Waals surface area contributed by atoms with E-state index >= 15 is 0 Å². The van der Waals surface area contributed by atoms with Crippen molar-refractivity contribution in [2.45, 2.75) is 19.6 Å². The second-order valence-electron chi connectivity index (χ2n) is 6.23. The standard InChI is InChI=1S/C19H21NO3/c1-14-3-2-4-16(9-14)23-17-12-20(13-17)11-15-5-6-18-19(10-15)22-8-7-21-18/h2-6,9-10,17H,7-8,11-13H2,1H3. The molecule has 4 heteroatoms. The zero-order valence-electron chi connectivity index (χ0n) is 13.3. The fourth-order valence-electron chi connectivity index (χ4n) is 3.05. The molecule has 120 valence electrons. The van der Waals surface area contributed by atoms with Gasteiger partial charge in [-0.2, -0.15) is 0 Å². The number of nitrogens with zero attached hydrogens (tertiary/aromatic N) is 1. The molecule has 0 amide bonds. The van der Waals surface area contributed by atoms with Crippen molar-refractivity contribution in [3.8, 4) is 17.2 Å². The lowest BCUT2D eigenvalue weighted by Gasteiger charge is -2.39. The van der Waals surface area contributed by atoms with Crippen molar-refractivity contribution in [1.29, 1.82) is 0 Å². The van der Waals surface area contributed by atoms with Gasteiger partial charge in [0.25, 0.3) is 0 Å². The van der Waals surface area contributed by atoms with Gasteiger partial charge >= 0.3 is 0 Å². The van der Waals surface area contributed by atoms with Crippen molar-refractivity contribution in [2.24, 2.45) is 0 Å². The van der Waals surface area contributed by atoms with Crippen LogP contribution in [0, 0.1) is 6.92 Å². The Kier molecular flexibility index (Phi) is 3.83. The predicted molar refractivity (Wildman–Crippen MR) is 88.3 cm³/mol. The molecule has 1 saturated heterocycles. The van der Waals surface area contributed by atoms with E-state index in [1.165, 1.54) is 11.1 Å². The first-order valence-electron chi connectivity index (χ1n) is 8.10. The van der Waals surface area contributed by atoms with Crippen LogP contribution in [0.2, 0.25) is 0 Å². The average Bonchev–Trinajstić information content (AvgIpc) is 2.53. The zero-order chi connectivity index (χ0) is 15.6. The Morgan fingerprint density at radius 2 is 1.87 bits per heavy atom. The normalized spacial score (nSPS) is 17.6. The highest BCUT2D eigenvalue weighted by Crippen LogP contribution is 2.31. The first-order valence-corrected chi connectivity index (χ1v) is 8.10. The van der Waals surface area contributed by atoms with Gasteiger partial charge in [-0.3, -0.25) is 4.90 Å². The summed E-state index contributed by atoms with van der Waals surface area (Å²) in [6.45, 7) is 6.19. The van der Waals surface area contributed by atoms with Gasteiger partial charge in [-0.1, -0.05) is 18.2 Å². The Morgan fingerprint density at radius 1 is 1.04 bits per heavy atom. The summed E-state index contributed by atoms with van der Waals surface area (Å²) in [7, 11) is 0. The summed E-state index contributed by atoms with van der Waals surface area (Å²) >= 11 is 0. The molecule has 2 aromatic carbocycles. The Labute approximate surface area is 136 Å². The monoisotopic (exact) mass is 311 g/mol. The molecular formula is C19H21NO3. The minimum atomic E-state index is 0.286. The predicted octanol–water partition coefficient (Wildman–Crippen LogP) is 3.03. The third-order valence-corrected chi connectivity index (χ3v) is 4.23. The topological polar surface area (TPSA) is 30.9 Å². The van der Waals surface area contributed by atoms with Gasteiger partial charge in [0, 0.05) is 19.6 Å². The van der Waals surface area contributed by atoms with E-state index in [1.807, 2.05) is 18.2 Å². The van der Waals surface area contributed by atoms with Crippen LogP contribution in [0.3, 0.4) is 0 Å². The van der Waals surface area contributed by atoms with Crippen LogP contribution in [-0.2, 0) is 6.54 Å². The van der Waals surface area contributed by atoms with Crippen molar-refractivity contribution in [3.63, 3.8) is 0 Å². The molecule has 2 aliphatic heterocycles. The highest BCUT2D eigenvalue weighted by Gasteiger charge is 2.28. The Balaban J connectivity index is 1.31. The van der Waals surface area contributed by atoms with Crippen LogP contribution in [-0.4, -0.2) is 37.3 Å². The van der Waals surface area contributed by atoms with Crippen LogP contribution in [0.1, 0.15) is 11.1 Å². The highest BCUT2D eigenvalue weighted by atomic mass is 16.6. The van der Waals surface area contributed by atoms with E-state index in [4.69, 9.17) is 14.2 Å². The van der Waals surface area contributed by atoms with Crippen molar-refractivity contribution in [2.75, 3.05) is 26.3 Å². The van der Waals surface area contributed by atoms with Gasteiger partial charge in [0.15, 0.2) is 11.5 Å². The number of ether oxygens (including phenoxy) is 3. The molecule has 0 spiro atoms. The van der Waals surface area contributed by atoms with Gasteiger partial charge in [0.1, 0.15) is 25.1 Å². The number of hydrogen-bond donors (Lipinski definition) is 0. The third-order valence-electron chi connectivity index (χ3n) is 4.23. The molecule has 0 aromatic heterocycles. The number of benzene rings is 2. The van der Waals surface area contributed by atoms with Crippen molar-refractivity contribution in [1.82, 2.24) is 4.90 Å². The molecule has 2 heterocycles. The second-order valence-corrected chi connectivity index (χ2v) is 6.23. The SMILES string of the molecule is Cc1cccc(OC2CN(Cc3ccc4c(c3)OCCO4)C2)c1. The van der Waals surface area contributed by atoms with Crippen molar-refractivity contribution >= 4 is 0 Å². The molecule has 0 atom stereocenters. The maximum absolute atomic E-state index is 6.00. The van der Waals surface area contributed by atoms with Crippen LogP contribution < -0.4 is 14.2 Å². The number of aryl methyl sites for hydroxylation is 1. The summed E-state index contributed by atoms with van der Waals surface area (Å²) in [6.07, 6.45) is 0.286. The fraction of sp³-hybridized carbons (Fsp3) is 0.368. The smallest absolute Gasteiger partial charge is 0.161 e. The van der Waals surface area contributed by atoms with E-state index in [1.54, 1.807) is 0 Å². The number of rotatable bonds is 4. The maximum Gasteiger partial charge on any atom is 0.161 e. The molecule has 0 saturated carbocycles. The van der Waals surface area contributed by atoms with Crippen LogP contribution >= 0.6 is 0 Å². The number of likely N-dealkylation sites (tertiary alicyclic amines) is 1. The lowest BCUT2D eigenvalue weighted by Crippen LogP contribution is -2.53. The lowest BCUT2D eigenvalue weighted by molar-refractivity contribution is 0.0145. The summed E-state index contributed by atoms with van der Waals surface area (Å²) in [5.74, 6) is 2.68. The van der Waals surface area contributed by atoms with Gasteiger partial charge in [-0.15, -0.1) is 0 Å². The fourth-order valence-corrected chi connectivity index (χ4v) is 3.05. The first kappa shape index (κ1) is 14.4. The molecule has 2 aliphatic rings. The average molecular weight is 311 g/mol. The van der Waals surface area contributed by atoms with E-state index in [2.05, 4.69) is 36.1 Å². The van der Waals surface area contributed by atoms with Gasteiger partial charge in [0.2, 0.25) is 0 Å². The number of fused-ring (bicyclic) bond motifs is 1.